The second-order valence-corrected chi connectivity index (χ2v) is 4.02. The molecular weight excluding hydrogens is 198 g/mol. The van der Waals surface area contributed by atoms with Crippen molar-refractivity contribution >= 4 is 22.5 Å². The Morgan fingerprint density at radius 1 is 1.71 bits per heavy atom. The smallest absolute Gasteiger partial charge is 0.321 e. The lowest BCUT2D eigenvalue weighted by molar-refractivity contribution is 0.248. The van der Waals surface area contributed by atoms with Crippen LogP contribution >= 0.6 is 11.3 Å². The van der Waals surface area contributed by atoms with Gasteiger partial charge in [0, 0.05) is 17.6 Å². The molecule has 0 saturated heterocycles. The first-order valence-corrected chi connectivity index (χ1v) is 5.57. The van der Waals surface area contributed by atoms with Crippen molar-refractivity contribution in [1.82, 2.24) is 10.3 Å². The molecule has 4 nitrogen and oxygen atoms in total. The second-order valence-electron chi connectivity index (χ2n) is 3.13. The minimum atomic E-state index is -0.180. The van der Waals surface area contributed by atoms with Crippen molar-refractivity contribution < 1.29 is 4.79 Å². The van der Waals surface area contributed by atoms with Gasteiger partial charge in [-0.1, -0.05) is 13.3 Å². The molecule has 0 radical (unpaired) electrons. The summed E-state index contributed by atoms with van der Waals surface area (Å²) in [6.07, 6.45) is 3.72. The Morgan fingerprint density at radius 2 is 2.50 bits per heavy atom. The number of hydrogen-bond acceptors (Lipinski definition) is 3. The van der Waals surface area contributed by atoms with Crippen molar-refractivity contribution in [2.45, 2.75) is 32.7 Å². The molecule has 1 aromatic rings. The van der Waals surface area contributed by atoms with Gasteiger partial charge in [0.15, 0.2) is 5.13 Å². The van der Waals surface area contributed by atoms with Crippen LogP contribution in [0.1, 0.15) is 26.7 Å². The zero-order chi connectivity index (χ0) is 10.4. The molecule has 2 N–H and O–H groups in total. The number of urea groups is 1. The van der Waals surface area contributed by atoms with Crippen LogP contribution < -0.4 is 10.6 Å². The minimum Gasteiger partial charge on any atom is -0.335 e. The zero-order valence-electron chi connectivity index (χ0n) is 8.41. The molecule has 0 aliphatic rings. The summed E-state index contributed by atoms with van der Waals surface area (Å²) in [6.45, 7) is 4.09. The van der Waals surface area contributed by atoms with Gasteiger partial charge in [0.25, 0.3) is 0 Å². The molecule has 0 aromatic carbocycles. The highest BCUT2D eigenvalue weighted by molar-refractivity contribution is 7.13. The molecule has 1 rings (SSSR count). The van der Waals surface area contributed by atoms with Crippen molar-refractivity contribution in [3.05, 3.63) is 11.6 Å². The van der Waals surface area contributed by atoms with Gasteiger partial charge in [0.1, 0.15) is 0 Å². The standard InChI is InChI=1S/C9H15N3OS/c1-3-4-7(2)11-8(13)12-9-10-5-6-14-9/h5-7H,3-4H2,1-2H3,(H2,10,11,12,13)/t7-/m0/s1. The van der Waals surface area contributed by atoms with Gasteiger partial charge in [-0.3, -0.25) is 5.32 Å². The summed E-state index contributed by atoms with van der Waals surface area (Å²) in [4.78, 5) is 15.3. The lowest BCUT2D eigenvalue weighted by Gasteiger charge is -2.12. The first-order valence-electron chi connectivity index (χ1n) is 4.69. The highest BCUT2D eigenvalue weighted by atomic mass is 32.1. The van der Waals surface area contributed by atoms with E-state index in [2.05, 4.69) is 22.5 Å². The Kier molecular flexibility index (Phi) is 4.39. The highest BCUT2D eigenvalue weighted by Gasteiger charge is 2.06. The Labute approximate surface area is 87.7 Å². The van der Waals surface area contributed by atoms with E-state index in [0.717, 1.165) is 12.8 Å². The quantitative estimate of drug-likeness (QED) is 0.807. The molecule has 0 aliphatic carbocycles. The molecule has 0 saturated carbocycles. The molecule has 0 aliphatic heterocycles. The van der Waals surface area contributed by atoms with E-state index in [4.69, 9.17) is 0 Å². The van der Waals surface area contributed by atoms with E-state index in [0.29, 0.717) is 5.13 Å². The first kappa shape index (κ1) is 11.0. The average molecular weight is 213 g/mol. The third-order valence-electron chi connectivity index (χ3n) is 1.75. The van der Waals surface area contributed by atoms with Gasteiger partial charge in [0.05, 0.1) is 0 Å². The van der Waals surface area contributed by atoms with Gasteiger partial charge in [-0.2, -0.15) is 0 Å². The number of amides is 2. The molecule has 1 atom stereocenters. The minimum absolute atomic E-state index is 0.180. The predicted octanol–water partition coefficient (Wildman–Crippen LogP) is 2.45. The summed E-state index contributed by atoms with van der Waals surface area (Å²) >= 11 is 1.41. The maximum atomic E-state index is 11.3. The molecule has 78 valence electrons. The van der Waals surface area contributed by atoms with E-state index in [9.17, 15) is 4.79 Å². The largest absolute Gasteiger partial charge is 0.335 e. The van der Waals surface area contributed by atoms with E-state index in [-0.39, 0.29) is 12.1 Å². The lowest BCUT2D eigenvalue weighted by atomic mass is 10.2. The first-order chi connectivity index (χ1) is 6.72. The Morgan fingerprint density at radius 3 is 3.07 bits per heavy atom. The molecule has 1 aromatic heterocycles. The summed E-state index contributed by atoms with van der Waals surface area (Å²) in [5.41, 5.74) is 0. The van der Waals surface area contributed by atoms with E-state index >= 15 is 0 Å². The summed E-state index contributed by atoms with van der Waals surface area (Å²) < 4.78 is 0. The van der Waals surface area contributed by atoms with E-state index in [1.165, 1.54) is 11.3 Å². The van der Waals surface area contributed by atoms with Crippen LogP contribution in [0.2, 0.25) is 0 Å². The van der Waals surface area contributed by atoms with Crippen molar-refractivity contribution in [3.8, 4) is 0 Å². The fraction of sp³-hybridized carbons (Fsp3) is 0.556. The van der Waals surface area contributed by atoms with Crippen LogP contribution in [0.5, 0.6) is 0 Å². The summed E-state index contributed by atoms with van der Waals surface area (Å²) in [6, 6.07) is 0.0286. The van der Waals surface area contributed by atoms with Crippen LogP contribution in [0.25, 0.3) is 0 Å². The molecule has 0 bridgehead atoms. The van der Waals surface area contributed by atoms with Crippen molar-refractivity contribution in [2.24, 2.45) is 0 Å². The molecule has 0 spiro atoms. The molecular formula is C9H15N3OS. The second kappa shape index (κ2) is 5.59. The van der Waals surface area contributed by atoms with Gasteiger partial charge in [0.2, 0.25) is 0 Å². The van der Waals surface area contributed by atoms with Crippen LogP contribution in [0.15, 0.2) is 11.6 Å². The number of carbonyl (C=O) groups excluding carboxylic acids is 1. The zero-order valence-corrected chi connectivity index (χ0v) is 9.23. The molecule has 2 amide bonds. The third-order valence-corrected chi connectivity index (χ3v) is 2.44. The van der Waals surface area contributed by atoms with Crippen LogP contribution in [-0.2, 0) is 0 Å². The lowest BCUT2D eigenvalue weighted by Crippen LogP contribution is -2.35. The van der Waals surface area contributed by atoms with E-state index in [1.54, 1.807) is 6.20 Å². The molecule has 14 heavy (non-hydrogen) atoms. The molecule has 1 heterocycles. The number of nitrogens with zero attached hydrogens (tertiary/aromatic N) is 1. The highest BCUT2D eigenvalue weighted by Crippen LogP contribution is 2.09. The van der Waals surface area contributed by atoms with Gasteiger partial charge in [-0.15, -0.1) is 11.3 Å². The van der Waals surface area contributed by atoms with Crippen LogP contribution in [0, 0.1) is 0 Å². The van der Waals surface area contributed by atoms with Crippen molar-refractivity contribution in [2.75, 3.05) is 5.32 Å². The number of aromatic nitrogens is 1. The van der Waals surface area contributed by atoms with Crippen LogP contribution in [-0.4, -0.2) is 17.1 Å². The number of thiazole rings is 1. The monoisotopic (exact) mass is 213 g/mol. The number of carbonyl (C=O) groups is 1. The van der Waals surface area contributed by atoms with Crippen molar-refractivity contribution in [3.63, 3.8) is 0 Å². The maximum absolute atomic E-state index is 11.3. The maximum Gasteiger partial charge on any atom is 0.321 e. The normalized spacial score (nSPS) is 12.1. The van der Waals surface area contributed by atoms with Gasteiger partial charge >= 0.3 is 6.03 Å². The number of anilines is 1. The summed E-state index contributed by atoms with van der Waals surface area (Å²) in [7, 11) is 0. The van der Waals surface area contributed by atoms with Crippen LogP contribution in [0.4, 0.5) is 9.93 Å². The third kappa shape index (κ3) is 3.74. The number of hydrogen-bond donors (Lipinski definition) is 2. The Bertz CT molecular complexity index is 274. The van der Waals surface area contributed by atoms with E-state index < -0.39 is 0 Å². The topological polar surface area (TPSA) is 54.0 Å². The van der Waals surface area contributed by atoms with Gasteiger partial charge < -0.3 is 5.32 Å². The fourth-order valence-electron chi connectivity index (χ4n) is 1.15. The van der Waals surface area contributed by atoms with Crippen molar-refractivity contribution in [1.29, 1.82) is 0 Å². The van der Waals surface area contributed by atoms with Gasteiger partial charge in [-0.25, -0.2) is 9.78 Å². The number of rotatable bonds is 4. The fourth-order valence-corrected chi connectivity index (χ4v) is 1.67. The average Bonchev–Trinajstić information content (AvgIpc) is 2.56. The summed E-state index contributed by atoms with van der Waals surface area (Å²) in [5.74, 6) is 0. The SMILES string of the molecule is CCC[C@H](C)NC(=O)Nc1nccs1. The summed E-state index contributed by atoms with van der Waals surface area (Å²) in [5, 5.41) is 7.96. The predicted molar refractivity (Wildman–Crippen MR) is 58.6 cm³/mol. The van der Waals surface area contributed by atoms with Crippen LogP contribution in [0.3, 0.4) is 0 Å². The molecule has 5 heteroatoms. The Balaban J connectivity index is 2.29. The molecule has 0 unspecified atom stereocenters. The Hall–Kier alpha value is -1.10. The van der Waals surface area contributed by atoms with E-state index in [1.807, 2.05) is 12.3 Å². The molecule has 0 fully saturated rings. The number of nitrogens with one attached hydrogen (secondary N) is 2. The van der Waals surface area contributed by atoms with Gasteiger partial charge in [-0.05, 0) is 13.3 Å².